The zero-order chi connectivity index (χ0) is 19.4. The van der Waals surface area contributed by atoms with E-state index in [1.165, 1.54) is 11.1 Å². The van der Waals surface area contributed by atoms with Crippen molar-refractivity contribution < 1.29 is 9.53 Å². The number of aromatic nitrogens is 1. The van der Waals surface area contributed by atoms with Crippen LogP contribution in [0.1, 0.15) is 45.2 Å². The molecule has 1 amide bonds. The van der Waals surface area contributed by atoms with Crippen LogP contribution in [0.4, 0.5) is 4.79 Å². The van der Waals surface area contributed by atoms with E-state index in [0.717, 1.165) is 31.9 Å². The maximum atomic E-state index is 11.6. The highest BCUT2D eigenvalue weighted by atomic mass is 16.6. The van der Waals surface area contributed by atoms with Crippen molar-refractivity contribution in [2.45, 2.75) is 53.1 Å². The first-order valence-corrected chi connectivity index (χ1v) is 9.20. The van der Waals surface area contributed by atoms with Gasteiger partial charge in [-0.25, -0.2) is 4.79 Å². The second-order valence-corrected chi connectivity index (χ2v) is 7.02. The lowest BCUT2D eigenvalue weighted by Gasteiger charge is -2.19. The summed E-state index contributed by atoms with van der Waals surface area (Å²) in [5, 5.41) is 9.30. The molecule has 0 aromatic carbocycles. The summed E-state index contributed by atoms with van der Waals surface area (Å²) in [7, 11) is 0. The van der Waals surface area contributed by atoms with Crippen LogP contribution in [0.15, 0.2) is 23.5 Å². The highest BCUT2D eigenvalue weighted by Gasteiger charge is 2.15. The van der Waals surface area contributed by atoms with Crippen LogP contribution in [0.2, 0.25) is 0 Å². The van der Waals surface area contributed by atoms with Gasteiger partial charge in [0.1, 0.15) is 5.60 Å². The van der Waals surface area contributed by atoms with Gasteiger partial charge in [0, 0.05) is 38.6 Å². The smallest absolute Gasteiger partial charge is 0.407 e. The van der Waals surface area contributed by atoms with Crippen molar-refractivity contribution in [1.29, 1.82) is 0 Å². The molecule has 0 bridgehead atoms. The van der Waals surface area contributed by atoms with E-state index in [9.17, 15) is 4.79 Å². The molecule has 7 heteroatoms. The van der Waals surface area contributed by atoms with E-state index in [1.807, 2.05) is 46.2 Å². The zero-order valence-electron chi connectivity index (χ0n) is 16.7. The molecule has 0 aliphatic rings. The summed E-state index contributed by atoms with van der Waals surface area (Å²) in [5.41, 5.74) is 2.01. The maximum absolute atomic E-state index is 11.6. The Balaban J connectivity index is 2.30. The van der Waals surface area contributed by atoms with Gasteiger partial charge in [-0.1, -0.05) is 0 Å². The quantitative estimate of drug-likeness (QED) is 0.375. The number of carbonyl (C=O) groups is 1. The third kappa shape index (κ3) is 9.86. The molecular formula is C19H33N5O2. The monoisotopic (exact) mass is 363 g/mol. The number of ether oxygens (including phenoxy) is 1. The summed E-state index contributed by atoms with van der Waals surface area (Å²) in [6.07, 6.45) is 4.98. The summed E-state index contributed by atoms with van der Waals surface area (Å²) in [4.78, 5) is 20.2. The number of carbonyl (C=O) groups excluding carboxylic acids is 1. The van der Waals surface area contributed by atoms with Gasteiger partial charge in [0.2, 0.25) is 0 Å². The van der Waals surface area contributed by atoms with E-state index in [0.29, 0.717) is 13.1 Å². The molecule has 0 radical (unpaired) electrons. The number of aryl methyl sites for hydroxylation is 1. The molecule has 0 aliphatic heterocycles. The van der Waals surface area contributed by atoms with E-state index in [4.69, 9.17) is 4.74 Å². The first-order valence-electron chi connectivity index (χ1n) is 9.20. The number of guanidine groups is 1. The highest BCUT2D eigenvalue weighted by Crippen LogP contribution is 2.06. The molecule has 0 atom stereocenters. The fourth-order valence-corrected chi connectivity index (χ4v) is 2.21. The van der Waals surface area contributed by atoms with Gasteiger partial charge in [0.05, 0.1) is 0 Å². The normalized spacial score (nSPS) is 11.8. The second-order valence-electron chi connectivity index (χ2n) is 7.02. The number of aliphatic imine (C=N–C) groups is 1. The maximum Gasteiger partial charge on any atom is 0.407 e. The lowest BCUT2D eigenvalue weighted by atomic mass is 10.1. The number of rotatable bonds is 8. The third-order valence-corrected chi connectivity index (χ3v) is 3.44. The van der Waals surface area contributed by atoms with E-state index in [1.54, 1.807) is 0 Å². The SMILES string of the molecule is CCNC(=NCCCNC(=O)OC(C)(C)C)NCCc1ccncc1C. The minimum Gasteiger partial charge on any atom is -0.444 e. The van der Waals surface area contributed by atoms with Gasteiger partial charge in [0.15, 0.2) is 5.96 Å². The van der Waals surface area contributed by atoms with E-state index < -0.39 is 5.60 Å². The fraction of sp³-hybridized carbons (Fsp3) is 0.632. The Morgan fingerprint density at radius 3 is 2.65 bits per heavy atom. The number of nitrogens with one attached hydrogen (secondary N) is 3. The van der Waals surface area contributed by atoms with Crippen LogP contribution >= 0.6 is 0 Å². The highest BCUT2D eigenvalue weighted by molar-refractivity contribution is 5.79. The number of hydrogen-bond donors (Lipinski definition) is 3. The Kier molecular flexibility index (Phi) is 9.47. The average Bonchev–Trinajstić information content (AvgIpc) is 2.54. The Labute approximate surface area is 157 Å². The van der Waals surface area contributed by atoms with E-state index in [-0.39, 0.29) is 6.09 Å². The number of amides is 1. The van der Waals surface area contributed by atoms with Crippen molar-refractivity contribution in [3.63, 3.8) is 0 Å². The number of alkyl carbamates (subject to hydrolysis) is 1. The van der Waals surface area contributed by atoms with Gasteiger partial charge in [-0.3, -0.25) is 9.98 Å². The summed E-state index contributed by atoms with van der Waals surface area (Å²) >= 11 is 0. The molecule has 1 aromatic rings. The van der Waals surface area contributed by atoms with Crippen molar-refractivity contribution in [2.24, 2.45) is 4.99 Å². The molecule has 1 rings (SSSR count). The van der Waals surface area contributed by atoms with Crippen molar-refractivity contribution in [2.75, 3.05) is 26.2 Å². The van der Waals surface area contributed by atoms with Crippen molar-refractivity contribution in [3.05, 3.63) is 29.6 Å². The van der Waals surface area contributed by atoms with Crippen molar-refractivity contribution in [3.8, 4) is 0 Å². The van der Waals surface area contributed by atoms with E-state index in [2.05, 4.69) is 32.9 Å². The average molecular weight is 364 g/mol. The Bertz CT molecular complexity index is 582. The fourth-order valence-electron chi connectivity index (χ4n) is 2.21. The van der Waals surface area contributed by atoms with Gasteiger partial charge in [-0.15, -0.1) is 0 Å². The molecule has 0 aliphatic carbocycles. The standard InChI is InChI=1S/C19H33N5O2/c1-6-21-17(23-13-9-16-8-12-20-14-15(16)2)22-10-7-11-24-18(25)26-19(3,4)5/h8,12,14H,6-7,9-11,13H2,1-5H3,(H,24,25)(H2,21,22,23). The summed E-state index contributed by atoms with van der Waals surface area (Å²) < 4.78 is 5.19. The van der Waals surface area contributed by atoms with Gasteiger partial charge in [-0.2, -0.15) is 0 Å². The molecular weight excluding hydrogens is 330 g/mol. The molecule has 0 spiro atoms. The van der Waals surface area contributed by atoms with Crippen LogP contribution in [-0.2, 0) is 11.2 Å². The topological polar surface area (TPSA) is 87.6 Å². The molecule has 3 N–H and O–H groups in total. The van der Waals surface area contributed by atoms with E-state index >= 15 is 0 Å². The van der Waals surface area contributed by atoms with Crippen LogP contribution in [0.5, 0.6) is 0 Å². The Morgan fingerprint density at radius 2 is 2.00 bits per heavy atom. The molecule has 0 fully saturated rings. The van der Waals surface area contributed by atoms with Crippen LogP contribution in [0.3, 0.4) is 0 Å². The minimum absolute atomic E-state index is 0.390. The number of hydrogen-bond acceptors (Lipinski definition) is 4. The molecule has 1 aromatic heterocycles. The second kappa shape index (κ2) is 11.3. The third-order valence-electron chi connectivity index (χ3n) is 3.44. The summed E-state index contributed by atoms with van der Waals surface area (Å²) in [6, 6.07) is 2.05. The van der Waals surface area contributed by atoms with Gasteiger partial charge >= 0.3 is 6.09 Å². The Morgan fingerprint density at radius 1 is 1.23 bits per heavy atom. The van der Waals surface area contributed by atoms with Gasteiger partial charge < -0.3 is 20.7 Å². The predicted molar refractivity (Wildman–Crippen MR) is 106 cm³/mol. The van der Waals surface area contributed by atoms with Gasteiger partial charge in [0.25, 0.3) is 0 Å². The first-order chi connectivity index (χ1) is 12.3. The van der Waals surface area contributed by atoms with Crippen LogP contribution in [-0.4, -0.2) is 48.8 Å². The molecule has 7 nitrogen and oxygen atoms in total. The predicted octanol–water partition coefficient (Wildman–Crippen LogP) is 2.40. The number of nitrogens with zero attached hydrogens (tertiary/aromatic N) is 2. The summed E-state index contributed by atoms with van der Waals surface area (Å²) in [5.74, 6) is 0.788. The lowest BCUT2D eigenvalue weighted by molar-refractivity contribution is 0.0527. The summed E-state index contributed by atoms with van der Waals surface area (Å²) in [6.45, 7) is 12.4. The van der Waals surface area contributed by atoms with Crippen LogP contribution in [0, 0.1) is 6.92 Å². The van der Waals surface area contributed by atoms with Crippen molar-refractivity contribution >= 4 is 12.1 Å². The number of pyridine rings is 1. The van der Waals surface area contributed by atoms with Crippen molar-refractivity contribution in [1.82, 2.24) is 20.9 Å². The molecule has 0 unspecified atom stereocenters. The minimum atomic E-state index is -0.475. The Hall–Kier alpha value is -2.31. The van der Waals surface area contributed by atoms with Crippen LogP contribution in [0.25, 0.3) is 0 Å². The molecule has 0 saturated heterocycles. The largest absolute Gasteiger partial charge is 0.444 e. The molecule has 0 saturated carbocycles. The zero-order valence-corrected chi connectivity index (χ0v) is 16.7. The lowest BCUT2D eigenvalue weighted by Crippen LogP contribution is -2.38. The molecule has 1 heterocycles. The van der Waals surface area contributed by atoms with Crippen LogP contribution < -0.4 is 16.0 Å². The van der Waals surface area contributed by atoms with Gasteiger partial charge in [-0.05, 0) is 64.7 Å². The molecule has 26 heavy (non-hydrogen) atoms. The first kappa shape index (κ1) is 21.7. The molecule has 146 valence electrons.